The Kier molecular flexibility index (Phi) is 8.63. The molecule has 0 aliphatic rings. The minimum Gasteiger partial charge on any atom is -0.464 e. The van der Waals surface area contributed by atoms with E-state index < -0.39 is 0 Å². The number of nitrogens with one attached hydrogen (secondary N) is 1. The molecule has 1 aromatic heterocycles. The Labute approximate surface area is 200 Å². The molecule has 0 saturated heterocycles. The van der Waals surface area contributed by atoms with Crippen molar-refractivity contribution in [3.8, 4) is 0 Å². The summed E-state index contributed by atoms with van der Waals surface area (Å²) in [4.78, 5) is 40.4. The van der Waals surface area contributed by atoms with Crippen LogP contribution in [0.15, 0.2) is 52.7 Å². The van der Waals surface area contributed by atoms with E-state index in [4.69, 9.17) is 9.47 Å². The average Bonchev–Trinajstić information content (AvgIpc) is 3.19. The van der Waals surface area contributed by atoms with Gasteiger partial charge >= 0.3 is 11.9 Å². The lowest BCUT2D eigenvalue weighted by Crippen LogP contribution is -2.32. The normalized spacial score (nSPS) is 10.9. The van der Waals surface area contributed by atoms with E-state index in [1.165, 1.54) is 32.1 Å². The van der Waals surface area contributed by atoms with Gasteiger partial charge in [-0.2, -0.15) is 0 Å². The third kappa shape index (κ3) is 7.34. The number of para-hydroxylation sites is 1. The second-order valence-corrected chi connectivity index (χ2v) is 8.22. The topological polar surface area (TPSA) is 123 Å². The molecule has 34 heavy (non-hydrogen) atoms. The fourth-order valence-corrected chi connectivity index (χ4v) is 3.85. The number of amides is 1. The molecule has 0 atom stereocenters. The fraction of sp³-hybridized carbons (Fsp3) is 0.304. The molecule has 0 saturated carbocycles. The van der Waals surface area contributed by atoms with E-state index in [0.717, 1.165) is 15.9 Å². The molecule has 0 aliphatic heterocycles. The number of aromatic nitrogens is 1. The second kappa shape index (κ2) is 11.8. The van der Waals surface area contributed by atoms with Gasteiger partial charge in [-0.15, -0.1) is 10.2 Å². The number of thiazole rings is 1. The first-order valence-corrected chi connectivity index (χ1v) is 11.3. The van der Waals surface area contributed by atoms with Crippen LogP contribution < -0.4 is 10.2 Å². The Balaban J connectivity index is 1.85. The number of rotatable bonds is 10. The number of ether oxygens (including phenoxy) is 2. The maximum Gasteiger partial charge on any atom is 0.302 e. The van der Waals surface area contributed by atoms with Crippen LogP contribution in [0.25, 0.3) is 10.2 Å². The van der Waals surface area contributed by atoms with Crippen molar-refractivity contribution in [3.63, 3.8) is 0 Å². The quantitative estimate of drug-likeness (QED) is 0.330. The number of benzene rings is 2. The van der Waals surface area contributed by atoms with E-state index >= 15 is 0 Å². The molecule has 0 unspecified atom stereocenters. The first kappa shape index (κ1) is 24.8. The van der Waals surface area contributed by atoms with Crippen molar-refractivity contribution in [2.45, 2.75) is 20.8 Å². The Morgan fingerprint density at radius 1 is 0.971 bits per heavy atom. The van der Waals surface area contributed by atoms with Gasteiger partial charge in [-0.3, -0.25) is 14.4 Å². The predicted molar refractivity (Wildman–Crippen MR) is 130 cm³/mol. The van der Waals surface area contributed by atoms with Crippen LogP contribution >= 0.6 is 11.3 Å². The van der Waals surface area contributed by atoms with Crippen LogP contribution in [0.5, 0.6) is 0 Å². The van der Waals surface area contributed by atoms with Gasteiger partial charge in [-0.25, -0.2) is 4.98 Å². The maximum atomic E-state index is 11.8. The SMILES string of the molecule is CC(=O)Nc1cc(N(CCOC(C)=O)CCOC(C)=O)ccc1N=Nc1nc2ccccc2s1. The summed E-state index contributed by atoms with van der Waals surface area (Å²) in [6, 6.07) is 13.0. The molecule has 0 fully saturated rings. The number of azo groups is 1. The van der Waals surface area contributed by atoms with Gasteiger partial charge < -0.3 is 19.7 Å². The molecular formula is C23H25N5O5S. The molecule has 1 heterocycles. The molecular weight excluding hydrogens is 458 g/mol. The number of nitrogens with zero attached hydrogens (tertiary/aromatic N) is 4. The highest BCUT2D eigenvalue weighted by Gasteiger charge is 2.13. The summed E-state index contributed by atoms with van der Waals surface area (Å²) < 4.78 is 11.1. The van der Waals surface area contributed by atoms with Gasteiger partial charge in [0.15, 0.2) is 0 Å². The summed E-state index contributed by atoms with van der Waals surface area (Å²) in [6.07, 6.45) is 0. The Morgan fingerprint density at radius 3 is 2.26 bits per heavy atom. The van der Waals surface area contributed by atoms with Gasteiger partial charge in [0.25, 0.3) is 0 Å². The minimum atomic E-state index is -0.385. The zero-order valence-electron chi connectivity index (χ0n) is 19.1. The van der Waals surface area contributed by atoms with E-state index in [1.54, 1.807) is 18.2 Å². The second-order valence-electron chi connectivity index (χ2n) is 7.21. The van der Waals surface area contributed by atoms with Crippen LogP contribution in [0.3, 0.4) is 0 Å². The number of carbonyl (C=O) groups excluding carboxylic acids is 3. The summed E-state index contributed by atoms with van der Waals surface area (Å²) in [5.41, 5.74) is 2.48. The number of esters is 2. The highest BCUT2D eigenvalue weighted by atomic mass is 32.1. The smallest absolute Gasteiger partial charge is 0.302 e. The van der Waals surface area contributed by atoms with Crippen molar-refractivity contribution in [2.24, 2.45) is 10.2 Å². The van der Waals surface area contributed by atoms with E-state index in [1.807, 2.05) is 29.2 Å². The number of carbonyl (C=O) groups is 3. The van der Waals surface area contributed by atoms with E-state index in [0.29, 0.717) is 29.6 Å². The highest BCUT2D eigenvalue weighted by molar-refractivity contribution is 7.21. The lowest BCUT2D eigenvalue weighted by atomic mass is 10.2. The van der Waals surface area contributed by atoms with Gasteiger partial charge in [0, 0.05) is 26.5 Å². The molecule has 2 aromatic carbocycles. The van der Waals surface area contributed by atoms with Crippen molar-refractivity contribution in [3.05, 3.63) is 42.5 Å². The highest BCUT2D eigenvalue weighted by Crippen LogP contribution is 2.33. The molecule has 0 aliphatic carbocycles. The molecule has 178 valence electrons. The van der Waals surface area contributed by atoms with Crippen molar-refractivity contribution in [1.82, 2.24) is 4.98 Å². The molecule has 0 bridgehead atoms. The molecule has 1 N–H and O–H groups in total. The van der Waals surface area contributed by atoms with Crippen LogP contribution in [0.4, 0.5) is 22.2 Å². The van der Waals surface area contributed by atoms with Crippen molar-refractivity contribution in [1.29, 1.82) is 0 Å². The number of hydrogen-bond donors (Lipinski definition) is 1. The lowest BCUT2D eigenvalue weighted by Gasteiger charge is -2.25. The molecule has 10 nitrogen and oxygen atoms in total. The maximum absolute atomic E-state index is 11.8. The average molecular weight is 484 g/mol. The summed E-state index contributed by atoms with van der Waals surface area (Å²) in [6.45, 7) is 5.13. The lowest BCUT2D eigenvalue weighted by molar-refractivity contribution is -0.141. The van der Waals surface area contributed by atoms with Crippen LogP contribution in [0.2, 0.25) is 0 Å². The predicted octanol–water partition coefficient (Wildman–Crippen LogP) is 4.60. The largest absolute Gasteiger partial charge is 0.464 e. The van der Waals surface area contributed by atoms with E-state index in [-0.39, 0.29) is 31.1 Å². The standard InChI is InChI=1S/C23H25N5O5S/c1-15(29)24-21-14-18(28(10-12-32-16(2)30)11-13-33-17(3)31)8-9-19(21)26-27-23-25-20-6-4-5-7-22(20)34-23/h4-9,14H,10-13H2,1-3H3,(H,24,29). The molecule has 11 heteroatoms. The van der Waals surface area contributed by atoms with Gasteiger partial charge in [0.05, 0.1) is 29.0 Å². The monoisotopic (exact) mass is 483 g/mol. The van der Waals surface area contributed by atoms with Crippen molar-refractivity contribution >= 4 is 61.6 Å². The van der Waals surface area contributed by atoms with Gasteiger partial charge in [0.2, 0.25) is 11.0 Å². The molecule has 3 rings (SSSR count). The van der Waals surface area contributed by atoms with Gasteiger partial charge in [-0.1, -0.05) is 23.5 Å². The van der Waals surface area contributed by atoms with Crippen molar-refractivity contribution < 1.29 is 23.9 Å². The third-order valence-corrected chi connectivity index (χ3v) is 5.44. The Bertz CT molecular complexity index is 1160. The zero-order valence-corrected chi connectivity index (χ0v) is 19.9. The van der Waals surface area contributed by atoms with Crippen LogP contribution in [0, 0.1) is 0 Å². The summed E-state index contributed by atoms with van der Waals surface area (Å²) in [5, 5.41) is 11.8. The first-order valence-electron chi connectivity index (χ1n) is 10.5. The van der Waals surface area contributed by atoms with Gasteiger partial charge in [0.1, 0.15) is 18.9 Å². The van der Waals surface area contributed by atoms with Crippen LogP contribution in [-0.2, 0) is 23.9 Å². The molecule has 1 amide bonds. The summed E-state index contributed by atoms with van der Waals surface area (Å²) in [5.74, 6) is -1.03. The van der Waals surface area contributed by atoms with Gasteiger partial charge in [-0.05, 0) is 30.3 Å². The van der Waals surface area contributed by atoms with E-state index in [9.17, 15) is 14.4 Å². The minimum absolute atomic E-state index is 0.157. The van der Waals surface area contributed by atoms with Crippen molar-refractivity contribution in [2.75, 3.05) is 36.5 Å². The van der Waals surface area contributed by atoms with E-state index in [2.05, 4.69) is 20.5 Å². The first-order chi connectivity index (χ1) is 16.3. The number of anilines is 2. The third-order valence-electron chi connectivity index (χ3n) is 4.51. The number of fused-ring (bicyclic) bond motifs is 1. The molecule has 0 spiro atoms. The molecule has 3 aromatic rings. The zero-order chi connectivity index (χ0) is 24.5. The Morgan fingerprint density at radius 2 is 1.65 bits per heavy atom. The summed E-state index contributed by atoms with van der Waals surface area (Å²) in [7, 11) is 0. The van der Waals surface area contributed by atoms with Crippen LogP contribution in [-0.4, -0.2) is 49.1 Å². The number of hydrogen-bond acceptors (Lipinski definition) is 10. The summed E-state index contributed by atoms with van der Waals surface area (Å²) >= 11 is 1.42. The van der Waals surface area contributed by atoms with Crippen LogP contribution in [0.1, 0.15) is 20.8 Å². The Hall–Kier alpha value is -3.86. The fourth-order valence-electron chi connectivity index (χ4n) is 3.07. The molecule has 0 radical (unpaired) electrons.